The Hall–Kier alpha value is -4.05. The van der Waals surface area contributed by atoms with E-state index in [0.29, 0.717) is 28.0 Å². The number of rotatable bonds is 6. The summed E-state index contributed by atoms with van der Waals surface area (Å²) in [6, 6.07) is 9.66. The molecule has 1 aromatic carbocycles. The number of aryl methyl sites for hydroxylation is 3. The number of pyridine rings is 1. The molecule has 33 heavy (non-hydrogen) atoms. The fraction of sp³-hybridized carbons (Fsp3) is 0.174. The second-order valence-electron chi connectivity index (χ2n) is 7.40. The smallest absolute Gasteiger partial charge is 0.339 e. The summed E-state index contributed by atoms with van der Waals surface area (Å²) in [5.41, 5.74) is 8.34. The van der Waals surface area contributed by atoms with Gasteiger partial charge in [0.2, 0.25) is 5.91 Å². The van der Waals surface area contributed by atoms with Crippen molar-refractivity contribution in [1.29, 1.82) is 0 Å². The molecule has 0 unspecified atom stereocenters. The number of carbonyl (C=O) groups is 3. The van der Waals surface area contributed by atoms with Gasteiger partial charge in [0.15, 0.2) is 6.61 Å². The summed E-state index contributed by atoms with van der Waals surface area (Å²) in [5.74, 6) is -1.80. The van der Waals surface area contributed by atoms with Gasteiger partial charge in [-0.2, -0.15) is 0 Å². The molecule has 3 N–H and O–H groups in total. The van der Waals surface area contributed by atoms with Crippen LogP contribution in [0.1, 0.15) is 36.2 Å². The van der Waals surface area contributed by atoms with Crippen LogP contribution in [0.3, 0.4) is 0 Å². The molecule has 0 spiro atoms. The van der Waals surface area contributed by atoms with Gasteiger partial charge in [0.05, 0.1) is 22.3 Å². The highest BCUT2D eigenvalue weighted by molar-refractivity contribution is 7.12. The Labute approximate surface area is 192 Å². The molecule has 0 fully saturated rings. The van der Waals surface area contributed by atoms with Crippen molar-refractivity contribution in [3.8, 4) is 11.3 Å². The molecule has 4 aromatic rings. The minimum atomic E-state index is -0.696. The molecule has 3 heterocycles. The molecule has 2 amide bonds. The number of hydrogen-bond acceptors (Lipinski definition) is 8. The van der Waals surface area contributed by atoms with Crippen molar-refractivity contribution in [3.05, 3.63) is 63.0 Å². The van der Waals surface area contributed by atoms with Crippen molar-refractivity contribution < 1.29 is 23.6 Å². The number of benzene rings is 1. The first-order valence-corrected chi connectivity index (χ1v) is 10.8. The Morgan fingerprint density at radius 2 is 1.85 bits per heavy atom. The van der Waals surface area contributed by atoms with E-state index in [2.05, 4.69) is 15.5 Å². The summed E-state index contributed by atoms with van der Waals surface area (Å²) < 4.78 is 10.6. The predicted molar refractivity (Wildman–Crippen MR) is 123 cm³/mol. The average molecular weight is 465 g/mol. The minimum absolute atomic E-state index is 0.218. The maximum atomic E-state index is 12.9. The van der Waals surface area contributed by atoms with E-state index >= 15 is 0 Å². The van der Waals surface area contributed by atoms with E-state index in [1.807, 2.05) is 19.9 Å². The molecule has 10 heteroatoms. The van der Waals surface area contributed by atoms with E-state index in [1.54, 1.807) is 24.3 Å². The first kappa shape index (κ1) is 22.2. The molecular weight excluding hydrogens is 444 g/mol. The maximum absolute atomic E-state index is 12.9. The molecule has 9 nitrogen and oxygen atoms in total. The number of nitrogens with zero attached hydrogens (tertiary/aromatic N) is 2. The highest BCUT2D eigenvalue weighted by Crippen LogP contribution is 2.33. The van der Waals surface area contributed by atoms with Crippen molar-refractivity contribution in [3.63, 3.8) is 0 Å². The molecule has 168 valence electrons. The Bertz CT molecular complexity index is 1390. The van der Waals surface area contributed by atoms with Crippen LogP contribution in [-0.4, -0.2) is 34.5 Å². The molecule has 0 atom stereocenters. The van der Waals surface area contributed by atoms with Gasteiger partial charge in [-0.05, 0) is 57.2 Å². The first-order chi connectivity index (χ1) is 15.7. The molecule has 0 aliphatic carbocycles. The molecule has 0 aliphatic heterocycles. The summed E-state index contributed by atoms with van der Waals surface area (Å²) in [6.07, 6.45) is 0. The van der Waals surface area contributed by atoms with Crippen LogP contribution in [0.2, 0.25) is 0 Å². The fourth-order valence-electron chi connectivity index (χ4n) is 3.40. The third kappa shape index (κ3) is 4.60. The van der Waals surface area contributed by atoms with Crippen molar-refractivity contribution in [1.82, 2.24) is 10.1 Å². The van der Waals surface area contributed by atoms with Crippen LogP contribution in [0.15, 0.2) is 40.9 Å². The largest absolute Gasteiger partial charge is 0.452 e. The van der Waals surface area contributed by atoms with Gasteiger partial charge in [-0.3, -0.25) is 9.59 Å². The second-order valence-corrected chi connectivity index (χ2v) is 8.86. The summed E-state index contributed by atoms with van der Waals surface area (Å²) in [4.78, 5) is 43.0. The molecule has 0 saturated carbocycles. The summed E-state index contributed by atoms with van der Waals surface area (Å²) >= 11 is 1.63. The molecule has 0 radical (unpaired) electrons. The quantitative estimate of drug-likeness (QED) is 0.414. The van der Waals surface area contributed by atoms with Crippen molar-refractivity contribution >= 4 is 45.9 Å². The number of amides is 2. The molecule has 0 saturated heterocycles. The molecule has 0 bridgehead atoms. The number of esters is 1. The molecular formula is C23H20N4O5S. The zero-order valence-electron chi connectivity index (χ0n) is 18.1. The lowest BCUT2D eigenvalue weighted by atomic mass is 10.1. The van der Waals surface area contributed by atoms with Crippen LogP contribution < -0.4 is 11.1 Å². The number of thiophene rings is 1. The topological polar surface area (TPSA) is 137 Å². The van der Waals surface area contributed by atoms with Gasteiger partial charge >= 0.3 is 5.97 Å². The van der Waals surface area contributed by atoms with Gasteiger partial charge in [0.1, 0.15) is 0 Å². The number of nitrogens with two attached hydrogens (primary N) is 1. The lowest BCUT2D eigenvalue weighted by Gasteiger charge is -2.09. The summed E-state index contributed by atoms with van der Waals surface area (Å²) in [6.45, 7) is 5.17. The lowest BCUT2D eigenvalue weighted by molar-refractivity contribution is -0.119. The maximum Gasteiger partial charge on any atom is 0.339 e. The van der Waals surface area contributed by atoms with Crippen molar-refractivity contribution in [2.45, 2.75) is 20.8 Å². The summed E-state index contributed by atoms with van der Waals surface area (Å²) in [5, 5.41) is 6.95. The Kier molecular flexibility index (Phi) is 5.93. The normalized spacial score (nSPS) is 10.9. The summed E-state index contributed by atoms with van der Waals surface area (Å²) in [7, 11) is 0. The monoisotopic (exact) mass is 464 g/mol. The second kappa shape index (κ2) is 8.83. The Morgan fingerprint density at radius 1 is 1.12 bits per heavy atom. The first-order valence-electron chi connectivity index (χ1n) is 9.94. The van der Waals surface area contributed by atoms with E-state index < -0.39 is 24.4 Å². The number of carbonyl (C=O) groups excluding carboxylic acids is 3. The number of nitrogens with one attached hydrogen (secondary N) is 1. The number of fused-ring (bicyclic) bond motifs is 1. The van der Waals surface area contributed by atoms with Crippen LogP contribution in [0.5, 0.6) is 0 Å². The van der Waals surface area contributed by atoms with Gasteiger partial charge in [-0.1, -0.05) is 5.16 Å². The molecule has 3 aromatic heterocycles. The average Bonchev–Trinajstić information content (AvgIpc) is 3.32. The third-order valence-electron chi connectivity index (χ3n) is 4.94. The van der Waals surface area contributed by atoms with Crippen molar-refractivity contribution in [2.75, 3.05) is 11.9 Å². The van der Waals surface area contributed by atoms with Crippen LogP contribution >= 0.6 is 11.3 Å². The molecule has 0 aliphatic rings. The van der Waals surface area contributed by atoms with E-state index in [9.17, 15) is 14.4 Å². The van der Waals surface area contributed by atoms with Crippen molar-refractivity contribution in [2.24, 2.45) is 5.73 Å². The lowest BCUT2D eigenvalue weighted by Crippen LogP contribution is -2.21. The Balaban J connectivity index is 1.53. The van der Waals surface area contributed by atoms with Gasteiger partial charge in [0, 0.05) is 26.6 Å². The Morgan fingerprint density at radius 3 is 2.48 bits per heavy atom. The number of ether oxygens (including phenoxy) is 1. The number of primary amides is 1. The van der Waals surface area contributed by atoms with E-state index in [4.69, 9.17) is 15.0 Å². The van der Waals surface area contributed by atoms with E-state index in [1.165, 1.54) is 24.3 Å². The number of anilines is 1. The molecule has 4 rings (SSSR count). The van der Waals surface area contributed by atoms with Gasteiger partial charge in [-0.15, -0.1) is 11.3 Å². The standard InChI is InChI=1S/C23H20N4O5S/c1-11-8-16(13(3)33-11)18-9-17(20-12(2)27-32-22(20)26-18)23(30)31-10-19(28)25-15-6-4-14(5-7-15)21(24)29/h4-9H,10H2,1-3H3,(H2,24,29)(H,25,28). The van der Waals surface area contributed by atoms with Gasteiger partial charge in [-0.25, -0.2) is 9.78 Å². The number of hydrogen-bond donors (Lipinski definition) is 2. The SMILES string of the molecule is Cc1cc(-c2cc(C(=O)OCC(=O)Nc3ccc(C(N)=O)cc3)c3c(C)noc3n2)c(C)s1. The fourth-order valence-corrected chi connectivity index (χ4v) is 4.34. The van der Waals surface area contributed by atoms with Crippen LogP contribution in [0.4, 0.5) is 5.69 Å². The zero-order chi connectivity index (χ0) is 23.7. The predicted octanol–water partition coefficient (Wildman–Crippen LogP) is 3.77. The van der Waals surface area contributed by atoms with Crippen LogP contribution in [0, 0.1) is 20.8 Å². The highest BCUT2D eigenvalue weighted by Gasteiger charge is 2.22. The van der Waals surface area contributed by atoms with E-state index in [0.717, 1.165) is 15.3 Å². The minimum Gasteiger partial charge on any atom is -0.452 e. The van der Waals surface area contributed by atoms with Gasteiger partial charge < -0.3 is 20.3 Å². The van der Waals surface area contributed by atoms with Crippen LogP contribution in [-0.2, 0) is 9.53 Å². The van der Waals surface area contributed by atoms with Gasteiger partial charge in [0.25, 0.3) is 11.6 Å². The third-order valence-corrected chi connectivity index (χ3v) is 5.91. The highest BCUT2D eigenvalue weighted by atomic mass is 32.1. The number of aromatic nitrogens is 2. The van der Waals surface area contributed by atoms with Crippen LogP contribution in [0.25, 0.3) is 22.4 Å². The van der Waals surface area contributed by atoms with E-state index in [-0.39, 0.29) is 11.3 Å². The zero-order valence-corrected chi connectivity index (χ0v) is 18.9.